The predicted octanol–water partition coefficient (Wildman–Crippen LogP) is 2.09. The van der Waals surface area contributed by atoms with Crippen molar-refractivity contribution >= 4 is 29.1 Å². The van der Waals surface area contributed by atoms with E-state index < -0.39 is 5.97 Å². The largest absolute Gasteiger partial charge is 0.476 e. The third-order valence-corrected chi connectivity index (χ3v) is 2.69. The molecular weight excluding hydrogens is 240 g/mol. The number of amides is 1. The van der Waals surface area contributed by atoms with Crippen molar-refractivity contribution in [3.8, 4) is 0 Å². The van der Waals surface area contributed by atoms with Gasteiger partial charge < -0.3 is 10.4 Å². The topological polar surface area (TPSA) is 79.3 Å². The summed E-state index contributed by atoms with van der Waals surface area (Å²) >= 11 is 0.986. The first-order valence-corrected chi connectivity index (χ1v) is 5.56. The van der Waals surface area contributed by atoms with Crippen molar-refractivity contribution in [2.45, 2.75) is 0 Å². The molecule has 1 heterocycles. The summed E-state index contributed by atoms with van der Waals surface area (Å²) in [6, 6.07) is 8.56. The summed E-state index contributed by atoms with van der Waals surface area (Å²) in [5.74, 6) is -1.51. The first kappa shape index (κ1) is 11.3. The Hall–Kier alpha value is -2.21. The number of carboxylic acids is 1. The van der Waals surface area contributed by atoms with Crippen LogP contribution in [0.5, 0.6) is 0 Å². The molecule has 0 aliphatic carbocycles. The smallest absolute Gasteiger partial charge is 0.357 e. The molecule has 0 fully saturated rings. The molecule has 86 valence electrons. The minimum atomic E-state index is -1.16. The summed E-state index contributed by atoms with van der Waals surface area (Å²) in [7, 11) is 0. The fourth-order valence-corrected chi connectivity index (χ4v) is 1.87. The van der Waals surface area contributed by atoms with E-state index >= 15 is 0 Å². The van der Waals surface area contributed by atoms with Gasteiger partial charge in [0.2, 0.25) is 0 Å². The minimum absolute atomic E-state index is 0.140. The molecule has 0 aliphatic heterocycles. The molecule has 17 heavy (non-hydrogen) atoms. The SMILES string of the molecule is O=C(Nc1csnc1C(=O)O)c1ccccc1. The molecule has 0 saturated heterocycles. The van der Waals surface area contributed by atoms with Crippen LogP contribution >= 0.6 is 11.5 Å². The molecule has 0 bridgehead atoms. The number of carbonyl (C=O) groups excluding carboxylic acids is 1. The van der Waals surface area contributed by atoms with E-state index in [0.717, 1.165) is 11.5 Å². The van der Waals surface area contributed by atoms with Crippen molar-refractivity contribution in [2.24, 2.45) is 0 Å². The summed E-state index contributed by atoms with van der Waals surface area (Å²) in [4.78, 5) is 22.6. The highest BCUT2D eigenvalue weighted by atomic mass is 32.1. The molecule has 1 aromatic heterocycles. The highest BCUT2D eigenvalue weighted by Crippen LogP contribution is 2.17. The van der Waals surface area contributed by atoms with Crippen LogP contribution in [0, 0.1) is 0 Å². The summed E-state index contributed by atoms with van der Waals surface area (Å²) in [6.45, 7) is 0. The van der Waals surface area contributed by atoms with Crippen molar-refractivity contribution in [1.82, 2.24) is 4.37 Å². The molecule has 1 amide bonds. The lowest BCUT2D eigenvalue weighted by molar-refractivity contribution is 0.0693. The second-order valence-electron chi connectivity index (χ2n) is 3.20. The quantitative estimate of drug-likeness (QED) is 0.871. The Bertz CT molecular complexity index is 551. The summed E-state index contributed by atoms with van der Waals surface area (Å²) in [5, 5.41) is 12.8. The fraction of sp³-hybridized carbons (Fsp3) is 0. The molecule has 2 aromatic rings. The highest BCUT2D eigenvalue weighted by Gasteiger charge is 2.15. The molecule has 2 rings (SSSR count). The van der Waals surface area contributed by atoms with Gasteiger partial charge in [-0.25, -0.2) is 4.79 Å². The Labute approximate surface area is 101 Å². The maximum atomic E-state index is 11.8. The standard InChI is InChI=1S/C11H8N2O3S/c14-10(7-4-2-1-3-5-7)12-8-6-17-13-9(8)11(15)16/h1-6H,(H,12,14)(H,15,16). The number of aromatic nitrogens is 1. The second kappa shape index (κ2) is 4.75. The maximum Gasteiger partial charge on any atom is 0.357 e. The lowest BCUT2D eigenvalue weighted by atomic mass is 10.2. The van der Waals surface area contributed by atoms with Gasteiger partial charge >= 0.3 is 5.97 Å². The second-order valence-corrected chi connectivity index (χ2v) is 3.83. The van der Waals surface area contributed by atoms with Gasteiger partial charge in [0, 0.05) is 10.9 Å². The minimum Gasteiger partial charge on any atom is -0.476 e. The van der Waals surface area contributed by atoms with Gasteiger partial charge in [0.05, 0.1) is 5.69 Å². The number of anilines is 1. The molecule has 5 nitrogen and oxygen atoms in total. The Morgan fingerprint density at radius 2 is 1.94 bits per heavy atom. The van der Waals surface area contributed by atoms with Gasteiger partial charge in [0.1, 0.15) is 0 Å². The average Bonchev–Trinajstić information content (AvgIpc) is 2.78. The van der Waals surface area contributed by atoms with Gasteiger partial charge in [0.15, 0.2) is 5.69 Å². The number of nitrogens with zero attached hydrogens (tertiary/aromatic N) is 1. The van der Waals surface area contributed by atoms with Crippen LogP contribution in [0.1, 0.15) is 20.8 Å². The van der Waals surface area contributed by atoms with Crippen LogP contribution in [0.2, 0.25) is 0 Å². The molecule has 0 spiro atoms. The molecule has 0 saturated carbocycles. The number of benzene rings is 1. The molecule has 6 heteroatoms. The molecule has 0 aliphatic rings. The first-order valence-electron chi connectivity index (χ1n) is 4.72. The highest BCUT2D eigenvalue weighted by molar-refractivity contribution is 7.04. The van der Waals surface area contributed by atoms with Crippen molar-refractivity contribution in [3.05, 3.63) is 47.0 Å². The molecule has 0 radical (unpaired) electrons. The van der Waals surface area contributed by atoms with Crippen LogP contribution < -0.4 is 5.32 Å². The monoisotopic (exact) mass is 248 g/mol. The van der Waals surface area contributed by atoms with Crippen molar-refractivity contribution < 1.29 is 14.7 Å². The number of carbonyl (C=O) groups is 2. The summed E-state index contributed by atoms with van der Waals surface area (Å²) in [5.41, 5.74) is 0.547. The van der Waals surface area contributed by atoms with E-state index in [4.69, 9.17) is 5.11 Å². The number of hydrogen-bond donors (Lipinski definition) is 2. The molecular formula is C11H8N2O3S. The summed E-state index contributed by atoms with van der Waals surface area (Å²) in [6.07, 6.45) is 0. The van der Waals surface area contributed by atoms with Gasteiger partial charge in [-0.2, -0.15) is 4.37 Å². The van der Waals surface area contributed by atoms with Crippen LogP contribution in [0.25, 0.3) is 0 Å². The van der Waals surface area contributed by atoms with Gasteiger partial charge in [-0.15, -0.1) is 0 Å². The third kappa shape index (κ3) is 2.48. The molecule has 0 unspecified atom stereocenters. The van der Waals surface area contributed by atoms with E-state index in [-0.39, 0.29) is 17.3 Å². The zero-order valence-electron chi connectivity index (χ0n) is 8.58. The van der Waals surface area contributed by atoms with Gasteiger partial charge in [0.25, 0.3) is 5.91 Å². The van der Waals surface area contributed by atoms with E-state index in [1.54, 1.807) is 30.3 Å². The predicted molar refractivity (Wildman–Crippen MR) is 63.5 cm³/mol. The molecule has 2 N–H and O–H groups in total. The number of aromatic carboxylic acids is 1. The third-order valence-electron chi connectivity index (χ3n) is 2.06. The average molecular weight is 248 g/mol. The van der Waals surface area contributed by atoms with E-state index in [2.05, 4.69) is 9.69 Å². The van der Waals surface area contributed by atoms with Crippen LogP contribution in [0.15, 0.2) is 35.7 Å². The van der Waals surface area contributed by atoms with Crippen LogP contribution in [0.3, 0.4) is 0 Å². The van der Waals surface area contributed by atoms with Crippen LogP contribution in [-0.4, -0.2) is 21.4 Å². The Morgan fingerprint density at radius 1 is 1.24 bits per heavy atom. The van der Waals surface area contributed by atoms with Gasteiger partial charge in [-0.3, -0.25) is 4.79 Å². The molecule has 1 aromatic carbocycles. The number of hydrogen-bond acceptors (Lipinski definition) is 4. The Morgan fingerprint density at radius 3 is 2.59 bits per heavy atom. The zero-order chi connectivity index (χ0) is 12.3. The van der Waals surface area contributed by atoms with E-state index in [1.165, 1.54) is 5.38 Å². The summed E-state index contributed by atoms with van der Waals surface area (Å²) < 4.78 is 3.69. The van der Waals surface area contributed by atoms with E-state index in [0.29, 0.717) is 5.56 Å². The van der Waals surface area contributed by atoms with E-state index in [9.17, 15) is 9.59 Å². The number of carboxylic acid groups (broad SMARTS) is 1. The lowest BCUT2D eigenvalue weighted by Gasteiger charge is -2.03. The van der Waals surface area contributed by atoms with Crippen LogP contribution in [0.4, 0.5) is 5.69 Å². The van der Waals surface area contributed by atoms with Gasteiger partial charge in [-0.05, 0) is 23.7 Å². The van der Waals surface area contributed by atoms with Crippen molar-refractivity contribution in [1.29, 1.82) is 0 Å². The first-order chi connectivity index (χ1) is 8.18. The lowest BCUT2D eigenvalue weighted by Crippen LogP contribution is -2.13. The Kier molecular flexibility index (Phi) is 3.15. The van der Waals surface area contributed by atoms with Crippen LogP contribution in [-0.2, 0) is 0 Å². The van der Waals surface area contributed by atoms with Gasteiger partial charge in [-0.1, -0.05) is 18.2 Å². The molecule has 0 atom stereocenters. The number of nitrogens with one attached hydrogen (secondary N) is 1. The normalized spacial score (nSPS) is 9.88. The van der Waals surface area contributed by atoms with E-state index in [1.807, 2.05) is 0 Å². The number of rotatable bonds is 3. The zero-order valence-corrected chi connectivity index (χ0v) is 9.40. The Balaban J connectivity index is 2.19. The van der Waals surface area contributed by atoms with Crippen molar-refractivity contribution in [3.63, 3.8) is 0 Å². The fourth-order valence-electron chi connectivity index (χ4n) is 1.26. The van der Waals surface area contributed by atoms with Crippen molar-refractivity contribution in [2.75, 3.05) is 5.32 Å². The maximum absolute atomic E-state index is 11.8.